The first-order chi connectivity index (χ1) is 9.11. The SMILES string of the molecule is Cc1csc(Sc2cc3c(cc2N)OCC(=O)N3)n1. The standard InChI is InChI=1S/C12H11N3O2S2/c1-6-5-18-12(14-6)19-10-3-8-9(2-7(10)13)17-4-11(16)15-8/h2-3,5H,4,13H2,1H3,(H,15,16). The largest absolute Gasteiger partial charge is 0.482 e. The lowest BCUT2D eigenvalue weighted by Crippen LogP contribution is -2.25. The Kier molecular flexibility index (Phi) is 3.08. The van der Waals surface area contributed by atoms with Crippen molar-refractivity contribution in [1.29, 1.82) is 0 Å². The van der Waals surface area contributed by atoms with Crippen LogP contribution < -0.4 is 15.8 Å². The van der Waals surface area contributed by atoms with E-state index < -0.39 is 0 Å². The van der Waals surface area contributed by atoms with Crippen LogP contribution in [0.25, 0.3) is 0 Å². The van der Waals surface area contributed by atoms with Gasteiger partial charge in [-0.05, 0) is 13.0 Å². The average Bonchev–Trinajstić information content (AvgIpc) is 2.76. The van der Waals surface area contributed by atoms with Crippen LogP contribution in [0, 0.1) is 6.92 Å². The minimum Gasteiger partial charge on any atom is -0.482 e. The topological polar surface area (TPSA) is 77.2 Å². The van der Waals surface area contributed by atoms with Crippen LogP contribution in [0.3, 0.4) is 0 Å². The van der Waals surface area contributed by atoms with E-state index in [-0.39, 0.29) is 12.5 Å². The summed E-state index contributed by atoms with van der Waals surface area (Å²) >= 11 is 3.05. The third kappa shape index (κ3) is 2.52. The number of aryl methyl sites for hydroxylation is 1. The smallest absolute Gasteiger partial charge is 0.262 e. The molecule has 7 heteroatoms. The molecule has 0 unspecified atom stereocenters. The van der Waals surface area contributed by atoms with Crippen LogP contribution in [0.2, 0.25) is 0 Å². The Morgan fingerprint density at radius 1 is 1.53 bits per heavy atom. The van der Waals surface area contributed by atoms with E-state index in [4.69, 9.17) is 10.5 Å². The van der Waals surface area contributed by atoms with E-state index in [1.807, 2.05) is 18.4 Å². The zero-order chi connectivity index (χ0) is 13.4. The third-order valence-corrected chi connectivity index (χ3v) is 4.67. The molecule has 0 spiro atoms. The van der Waals surface area contributed by atoms with Gasteiger partial charge in [0, 0.05) is 27.7 Å². The van der Waals surface area contributed by atoms with Gasteiger partial charge >= 0.3 is 0 Å². The normalized spacial score (nSPS) is 13.6. The highest BCUT2D eigenvalue weighted by molar-refractivity contribution is 8.01. The van der Waals surface area contributed by atoms with Crippen molar-refractivity contribution >= 4 is 40.4 Å². The number of carbonyl (C=O) groups is 1. The summed E-state index contributed by atoms with van der Waals surface area (Å²) in [6.45, 7) is 1.98. The van der Waals surface area contributed by atoms with Crippen LogP contribution in [-0.2, 0) is 4.79 Å². The molecule has 1 amide bonds. The molecule has 1 aliphatic rings. The van der Waals surface area contributed by atoms with Crippen molar-refractivity contribution in [3.63, 3.8) is 0 Å². The summed E-state index contributed by atoms with van der Waals surface area (Å²) in [5.74, 6) is 0.454. The van der Waals surface area contributed by atoms with Crippen molar-refractivity contribution in [2.75, 3.05) is 17.7 Å². The molecule has 3 rings (SSSR count). The molecule has 2 heterocycles. The first-order valence-electron chi connectivity index (χ1n) is 5.58. The van der Waals surface area contributed by atoms with Gasteiger partial charge in [0.05, 0.1) is 5.69 Å². The van der Waals surface area contributed by atoms with E-state index >= 15 is 0 Å². The van der Waals surface area contributed by atoms with Crippen molar-refractivity contribution < 1.29 is 9.53 Å². The zero-order valence-corrected chi connectivity index (χ0v) is 11.7. The summed E-state index contributed by atoms with van der Waals surface area (Å²) in [4.78, 5) is 16.5. The summed E-state index contributed by atoms with van der Waals surface area (Å²) in [7, 11) is 0. The number of hydrogen-bond acceptors (Lipinski definition) is 6. The van der Waals surface area contributed by atoms with Crippen LogP contribution in [0.1, 0.15) is 5.69 Å². The van der Waals surface area contributed by atoms with Gasteiger partial charge in [0.25, 0.3) is 5.91 Å². The maximum atomic E-state index is 11.3. The highest BCUT2D eigenvalue weighted by Gasteiger charge is 2.18. The van der Waals surface area contributed by atoms with Gasteiger partial charge in [-0.25, -0.2) is 4.98 Å². The number of rotatable bonds is 2. The predicted octanol–water partition coefficient (Wildman–Crippen LogP) is 2.52. The van der Waals surface area contributed by atoms with E-state index in [9.17, 15) is 4.79 Å². The zero-order valence-electron chi connectivity index (χ0n) is 10.1. The van der Waals surface area contributed by atoms with E-state index in [2.05, 4.69) is 10.3 Å². The van der Waals surface area contributed by atoms with Gasteiger partial charge in [-0.15, -0.1) is 11.3 Å². The van der Waals surface area contributed by atoms with Gasteiger partial charge in [0.2, 0.25) is 0 Å². The molecule has 0 aliphatic carbocycles. The number of aromatic nitrogens is 1. The molecule has 0 saturated heterocycles. The van der Waals surface area contributed by atoms with Crippen LogP contribution in [0.15, 0.2) is 26.7 Å². The molecular formula is C12H11N3O2S2. The number of nitrogens with two attached hydrogens (primary N) is 1. The number of benzene rings is 1. The van der Waals surface area contributed by atoms with Gasteiger partial charge < -0.3 is 15.8 Å². The maximum Gasteiger partial charge on any atom is 0.262 e. The number of thiazole rings is 1. The van der Waals surface area contributed by atoms with Crippen molar-refractivity contribution in [3.8, 4) is 5.75 Å². The van der Waals surface area contributed by atoms with E-state index in [1.165, 1.54) is 11.8 Å². The Morgan fingerprint density at radius 2 is 2.37 bits per heavy atom. The Labute approximate surface area is 118 Å². The van der Waals surface area contributed by atoms with Gasteiger partial charge in [-0.3, -0.25) is 4.79 Å². The number of carbonyl (C=O) groups excluding carboxylic acids is 1. The Balaban J connectivity index is 1.93. The number of hydrogen-bond donors (Lipinski definition) is 2. The van der Waals surface area contributed by atoms with Gasteiger partial charge in [-0.2, -0.15) is 0 Å². The van der Waals surface area contributed by atoms with Crippen LogP contribution in [-0.4, -0.2) is 17.5 Å². The maximum absolute atomic E-state index is 11.3. The molecule has 3 N–H and O–H groups in total. The van der Waals surface area contributed by atoms with E-state index in [0.29, 0.717) is 17.1 Å². The lowest BCUT2D eigenvalue weighted by Gasteiger charge is -2.19. The molecule has 0 saturated carbocycles. The van der Waals surface area contributed by atoms with Crippen molar-refractivity contribution in [2.24, 2.45) is 0 Å². The Hall–Kier alpha value is -1.73. The minimum absolute atomic E-state index is 0.0323. The van der Waals surface area contributed by atoms with Crippen molar-refractivity contribution in [3.05, 3.63) is 23.2 Å². The van der Waals surface area contributed by atoms with Crippen molar-refractivity contribution in [2.45, 2.75) is 16.2 Å². The number of fused-ring (bicyclic) bond motifs is 1. The molecule has 98 valence electrons. The Morgan fingerprint density at radius 3 is 3.11 bits per heavy atom. The molecule has 2 aromatic rings. The lowest BCUT2D eigenvalue weighted by molar-refractivity contribution is -0.118. The minimum atomic E-state index is -0.154. The van der Waals surface area contributed by atoms with Crippen LogP contribution >= 0.6 is 23.1 Å². The summed E-state index contributed by atoms with van der Waals surface area (Å²) in [5, 5.41) is 4.76. The fourth-order valence-electron chi connectivity index (χ4n) is 1.68. The quantitative estimate of drug-likeness (QED) is 0.832. The van der Waals surface area contributed by atoms with E-state index in [1.54, 1.807) is 17.4 Å². The molecule has 0 atom stereocenters. The average molecular weight is 293 g/mol. The molecule has 0 bridgehead atoms. The van der Waals surface area contributed by atoms with Crippen LogP contribution in [0.5, 0.6) is 5.75 Å². The Bertz CT molecular complexity index is 654. The molecule has 1 aromatic heterocycles. The van der Waals surface area contributed by atoms with Gasteiger partial charge in [-0.1, -0.05) is 11.8 Å². The highest BCUT2D eigenvalue weighted by Crippen LogP contribution is 2.40. The first kappa shape index (κ1) is 12.3. The van der Waals surface area contributed by atoms with Crippen molar-refractivity contribution in [1.82, 2.24) is 4.98 Å². The highest BCUT2D eigenvalue weighted by atomic mass is 32.2. The molecule has 0 radical (unpaired) electrons. The second-order valence-electron chi connectivity index (χ2n) is 4.08. The lowest BCUT2D eigenvalue weighted by atomic mass is 10.2. The molecule has 1 aromatic carbocycles. The second kappa shape index (κ2) is 4.75. The van der Waals surface area contributed by atoms with E-state index in [0.717, 1.165) is 14.9 Å². The number of amides is 1. The molecular weight excluding hydrogens is 282 g/mol. The summed E-state index contributed by atoms with van der Waals surface area (Å²) in [5.41, 5.74) is 8.26. The number of anilines is 2. The molecule has 1 aliphatic heterocycles. The number of nitrogens with one attached hydrogen (secondary N) is 1. The predicted molar refractivity (Wildman–Crippen MR) is 76.0 cm³/mol. The second-order valence-corrected chi connectivity index (χ2v) is 6.23. The summed E-state index contributed by atoms with van der Waals surface area (Å²) in [6, 6.07) is 3.56. The number of nitrogen functional groups attached to an aromatic ring is 1. The van der Waals surface area contributed by atoms with Gasteiger partial charge in [0.15, 0.2) is 10.9 Å². The summed E-state index contributed by atoms with van der Waals surface area (Å²) in [6.07, 6.45) is 0. The third-order valence-electron chi connectivity index (χ3n) is 2.54. The monoisotopic (exact) mass is 293 g/mol. The molecule has 19 heavy (non-hydrogen) atoms. The molecule has 0 fully saturated rings. The van der Waals surface area contributed by atoms with Crippen LogP contribution in [0.4, 0.5) is 11.4 Å². The fourth-order valence-corrected chi connectivity index (χ4v) is 3.54. The number of nitrogens with zero attached hydrogens (tertiary/aromatic N) is 1. The first-order valence-corrected chi connectivity index (χ1v) is 7.27. The van der Waals surface area contributed by atoms with Gasteiger partial charge in [0.1, 0.15) is 5.75 Å². The molecule has 5 nitrogen and oxygen atoms in total. The fraction of sp³-hybridized carbons (Fsp3) is 0.167. The number of ether oxygens (including phenoxy) is 1. The summed E-state index contributed by atoms with van der Waals surface area (Å²) < 4.78 is 6.23.